The third-order valence-corrected chi connectivity index (χ3v) is 5.33. The Morgan fingerprint density at radius 3 is 2.65 bits per heavy atom. The number of nitrogens with zero attached hydrogens (tertiary/aromatic N) is 1. The number of hydrogen-bond acceptors (Lipinski definition) is 8. The van der Waals surface area contributed by atoms with Gasteiger partial charge in [-0.1, -0.05) is 12.1 Å². The highest BCUT2D eigenvalue weighted by atomic mass is 32.2. The van der Waals surface area contributed by atoms with Crippen molar-refractivity contribution >= 4 is 46.5 Å². The predicted molar refractivity (Wildman–Crippen MR) is 123 cm³/mol. The van der Waals surface area contributed by atoms with Crippen LogP contribution in [0.15, 0.2) is 47.4 Å². The maximum absolute atomic E-state index is 13.3. The number of thioether (sulfide) groups is 1. The summed E-state index contributed by atoms with van der Waals surface area (Å²) in [5, 5.41) is 1.84. The van der Waals surface area contributed by atoms with Crippen LogP contribution in [0.25, 0.3) is 6.08 Å². The van der Waals surface area contributed by atoms with Crippen molar-refractivity contribution in [1.29, 1.82) is 0 Å². The topological polar surface area (TPSA) is 111 Å². The Hall–Kier alpha value is -3.86. The summed E-state index contributed by atoms with van der Waals surface area (Å²) in [6.07, 6.45) is 1.48. The van der Waals surface area contributed by atoms with Gasteiger partial charge in [-0.25, -0.2) is 9.18 Å². The van der Waals surface area contributed by atoms with Gasteiger partial charge in [-0.3, -0.25) is 19.3 Å². The Bertz CT molecular complexity index is 1150. The molecule has 3 rings (SSSR count). The van der Waals surface area contributed by atoms with Crippen molar-refractivity contribution in [2.24, 2.45) is 0 Å². The number of nitrogens with one attached hydrogen (secondary N) is 1. The van der Waals surface area contributed by atoms with E-state index < -0.39 is 35.4 Å². The summed E-state index contributed by atoms with van der Waals surface area (Å²) < 4.78 is 28.8. The number of carbonyl (C=O) groups excluding carboxylic acids is 4. The van der Waals surface area contributed by atoms with Crippen LogP contribution in [0.1, 0.15) is 12.5 Å². The van der Waals surface area contributed by atoms with Crippen molar-refractivity contribution in [2.45, 2.75) is 6.92 Å². The largest absolute Gasteiger partial charge is 0.493 e. The van der Waals surface area contributed by atoms with Crippen LogP contribution >= 0.6 is 11.8 Å². The van der Waals surface area contributed by atoms with Crippen LogP contribution in [0, 0.1) is 5.82 Å². The number of ether oxygens (including phenoxy) is 3. The molecular weight excluding hydrogens is 467 g/mol. The number of esters is 1. The molecule has 0 radical (unpaired) electrons. The van der Waals surface area contributed by atoms with Gasteiger partial charge < -0.3 is 19.5 Å². The number of rotatable bonds is 9. The Kier molecular flexibility index (Phi) is 8.25. The first-order valence-corrected chi connectivity index (χ1v) is 10.9. The van der Waals surface area contributed by atoms with Gasteiger partial charge in [-0.15, -0.1) is 0 Å². The lowest BCUT2D eigenvalue weighted by Gasteiger charge is -2.12. The van der Waals surface area contributed by atoms with Gasteiger partial charge in [0.15, 0.2) is 18.1 Å². The number of halogens is 1. The molecule has 1 fully saturated rings. The fraction of sp³-hybridized carbons (Fsp3) is 0.217. The minimum atomic E-state index is -0.640. The van der Waals surface area contributed by atoms with Crippen LogP contribution in [-0.4, -0.2) is 54.8 Å². The van der Waals surface area contributed by atoms with E-state index in [1.807, 2.05) is 0 Å². The number of carbonyl (C=O) groups is 4. The minimum absolute atomic E-state index is 0.116. The molecule has 0 aromatic heterocycles. The summed E-state index contributed by atoms with van der Waals surface area (Å²) in [7, 11) is 1.42. The first-order chi connectivity index (χ1) is 16.3. The van der Waals surface area contributed by atoms with Gasteiger partial charge in [-0.2, -0.15) is 0 Å². The average molecular weight is 488 g/mol. The second-order valence-electron chi connectivity index (χ2n) is 6.83. The summed E-state index contributed by atoms with van der Waals surface area (Å²) in [6, 6.07) is 10.0. The van der Waals surface area contributed by atoms with Crippen LogP contribution in [0.3, 0.4) is 0 Å². The Balaban J connectivity index is 1.67. The van der Waals surface area contributed by atoms with E-state index in [0.29, 0.717) is 28.8 Å². The highest BCUT2D eigenvalue weighted by Gasteiger charge is 2.36. The molecule has 9 nitrogen and oxygen atoms in total. The maximum atomic E-state index is 13.3. The summed E-state index contributed by atoms with van der Waals surface area (Å²) in [6.45, 7) is 1.12. The van der Waals surface area contributed by atoms with Gasteiger partial charge in [0.2, 0.25) is 5.91 Å². The van der Waals surface area contributed by atoms with Crippen LogP contribution in [0.4, 0.5) is 14.9 Å². The van der Waals surface area contributed by atoms with Gasteiger partial charge in [0, 0.05) is 5.69 Å². The second kappa shape index (κ2) is 11.3. The molecular formula is C23H21FN2O7S. The highest BCUT2D eigenvalue weighted by Crippen LogP contribution is 2.34. The Morgan fingerprint density at radius 2 is 1.94 bits per heavy atom. The van der Waals surface area contributed by atoms with E-state index in [1.165, 1.54) is 31.4 Å². The highest BCUT2D eigenvalue weighted by molar-refractivity contribution is 8.18. The lowest BCUT2D eigenvalue weighted by atomic mass is 10.2. The first-order valence-electron chi connectivity index (χ1n) is 10.1. The molecule has 178 valence electrons. The van der Waals surface area contributed by atoms with E-state index in [-0.39, 0.29) is 23.8 Å². The molecule has 1 N–H and O–H groups in total. The van der Waals surface area contributed by atoms with E-state index in [4.69, 9.17) is 14.2 Å². The van der Waals surface area contributed by atoms with Gasteiger partial charge in [0.05, 0.1) is 18.6 Å². The molecule has 3 amide bonds. The monoisotopic (exact) mass is 488 g/mol. The number of amides is 3. The number of methoxy groups -OCH3 is 1. The third kappa shape index (κ3) is 6.35. The maximum Gasteiger partial charge on any atom is 0.344 e. The molecule has 1 aliphatic heterocycles. The molecule has 0 spiro atoms. The van der Waals surface area contributed by atoms with E-state index in [1.54, 1.807) is 25.1 Å². The van der Waals surface area contributed by atoms with Crippen molar-refractivity contribution in [3.63, 3.8) is 0 Å². The molecule has 11 heteroatoms. The third-order valence-electron chi connectivity index (χ3n) is 4.42. The van der Waals surface area contributed by atoms with Crippen molar-refractivity contribution in [1.82, 2.24) is 4.90 Å². The Labute approximate surface area is 198 Å². The number of imide groups is 1. The Morgan fingerprint density at radius 1 is 1.15 bits per heavy atom. The molecule has 0 atom stereocenters. The van der Waals surface area contributed by atoms with Crippen LogP contribution in [0.5, 0.6) is 11.5 Å². The summed E-state index contributed by atoms with van der Waals surface area (Å²) in [5.74, 6) is -1.71. The fourth-order valence-corrected chi connectivity index (χ4v) is 3.77. The van der Waals surface area contributed by atoms with Crippen molar-refractivity contribution < 1.29 is 37.8 Å². The zero-order chi connectivity index (χ0) is 24.7. The molecule has 0 bridgehead atoms. The van der Waals surface area contributed by atoms with Gasteiger partial charge in [0.1, 0.15) is 12.4 Å². The molecule has 0 aliphatic carbocycles. The van der Waals surface area contributed by atoms with Gasteiger partial charge in [-0.05, 0) is 60.7 Å². The van der Waals surface area contributed by atoms with Gasteiger partial charge >= 0.3 is 5.97 Å². The van der Waals surface area contributed by atoms with Crippen LogP contribution in [0.2, 0.25) is 0 Å². The average Bonchev–Trinajstić information content (AvgIpc) is 3.05. The molecule has 2 aromatic rings. The standard InChI is InChI=1S/C23H21FN2O7S/c1-3-32-21(28)13-33-17-8-7-14(9-18(17)31-2)10-19-22(29)26(23(30)34-19)12-20(27)25-16-6-4-5-15(24)11-16/h4-11H,3,12-13H2,1-2H3,(H,25,27)/b19-10+. The molecule has 1 heterocycles. The van der Waals surface area contributed by atoms with Crippen LogP contribution < -0.4 is 14.8 Å². The number of benzene rings is 2. The molecule has 1 aliphatic rings. The van der Waals surface area contributed by atoms with E-state index in [0.717, 1.165) is 11.0 Å². The molecule has 0 saturated carbocycles. The SMILES string of the molecule is CCOC(=O)COc1ccc(/C=C2/SC(=O)N(CC(=O)Nc3cccc(F)c3)C2=O)cc1OC. The van der Waals surface area contributed by atoms with E-state index >= 15 is 0 Å². The summed E-state index contributed by atoms with van der Waals surface area (Å²) in [5.41, 5.74) is 0.750. The fourth-order valence-electron chi connectivity index (χ4n) is 2.93. The summed E-state index contributed by atoms with van der Waals surface area (Å²) in [4.78, 5) is 49.6. The number of hydrogen-bond donors (Lipinski definition) is 1. The zero-order valence-corrected chi connectivity index (χ0v) is 19.1. The van der Waals surface area contributed by atoms with E-state index in [2.05, 4.69) is 5.32 Å². The molecule has 2 aromatic carbocycles. The lowest BCUT2D eigenvalue weighted by molar-refractivity contribution is -0.145. The van der Waals surface area contributed by atoms with E-state index in [9.17, 15) is 23.6 Å². The lowest BCUT2D eigenvalue weighted by Crippen LogP contribution is -2.36. The van der Waals surface area contributed by atoms with Crippen molar-refractivity contribution in [3.8, 4) is 11.5 Å². The summed E-state index contributed by atoms with van der Waals surface area (Å²) >= 11 is 0.690. The molecule has 34 heavy (non-hydrogen) atoms. The first kappa shape index (κ1) is 24.8. The zero-order valence-electron chi connectivity index (χ0n) is 18.3. The normalized spacial score (nSPS) is 14.3. The van der Waals surface area contributed by atoms with Crippen molar-refractivity contribution in [2.75, 3.05) is 32.2 Å². The molecule has 0 unspecified atom stereocenters. The number of anilines is 1. The predicted octanol–water partition coefficient (Wildman–Crippen LogP) is 3.45. The second-order valence-corrected chi connectivity index (χ2v) is 7.82. The minimum Gasteiger partial charge on any atom is -0.493 e. The quantitative estimate of drug-likeness (QED) is 0.422. The van der Waals surface area contributed by atoms with Gasteiger partial charge in [0.25, 0.3) is 11.1 Å². The van der Waals surface area contributed by atoms with Crippen molar-refractivity contribution in [3.05, 3.63) is 58.8 Å². The molecule has 1 saturated heterocycles. The smallest absolute Gasteiger partial charge is 0.344 e. The van der Waals surface area contributed by atoms with Crippen LogP contribution in [-0.2, 0) is 19.1 Å².